The summed E-state index contributed by atoms with van der Waals surface area (Å²) in [5, 5.41) is 6.81. The normalized spacial score (nSPS) is 17.6. The third kappa shape index (κ3) is 9.89. The van der Waals surface area contributed by atoms with Crippen molar-refractivity contribution in [2.75, 3.05) is 17.1 Å². The van der Waals surface area contributed by atoms with Gasteiger partial charge in [0.2, 0.25) is 0 Å². The van der Waals surface area contributed by atoms with Gasteiger partial charge in [-0.05, 0) is 68.7 Å². The van der Waals surface area contributed by atoms with E-state index in [1.54, 1.807) is 36.4 Å². The predicted molar refractivity (Wildman–Crippen MR) is 242 cm³/mol. The Morgan fingerprint density at radius 2 is 1.62 bits per heavy atom. The van der Waals surface area contributed by atoms with Crippen molar-refractivity contribution in [2.24, 2.45) is 4.99 Å². The van der Waals surface area contributed by atoms with Crippen molar-refractivity contribution < 1.29 is 19.1 Å². The molecular weight excluding hydrogens is 930 g/mol. The highest BCUT2D eigenvalue weighted by Gasteiger charge is 2.43. The summed E-state index contributed by atoms with van der Waals surface area (Å²) in [5.74, 6) is 0.276. The Morgan fingerprint density at radius 1 is 0.931 bits per heavy atom. The number of allylic oxidation sites excluding steroid dienone is 2. The number of ether oxygens (including phenoxy) is 2. The van der Waals surface area contributed by atoms with Crippen molar-refractivity contribution in [2.45, 2.75) is 51.0 Å². The van der Waals surface area contributed by atoms with Crippen LogP contribution < -0.4 is 30.5 Å². The molecule has 3 N–H and O–H groups in total. The highest BCUT2D eigenvalue weighted by molar-refractivity contribution is 8.05. The number of nitrogens with zero attached hydrogens (tertiary/aromatic N) is 2. The quantitative estimate of drug-likeness (QED) is 0.0696. The van der Waals surface area contributed by atoms with Crippen molar-refractivity contribution in [3.05, 3.63) is 129 Å². The lowest BCUT2D eigenvalue weighted by molar-refractivity contribution is -0.128. The zero-order valence-corrected chi connectivity index (χ0v) is 37.6. The summed E-state index contributed by atoms with van der Waals surface area (Å²) in [4.78, 5) is 33.7. The van der Waals surface area contributed by atoms with Gasteiger partial charge >= 0.3 is 0 Å². The van der Waals surface area contributed by atoms with E-state index in [-0.39, 0.29) is 54.3 Å². The number of amides is 2. The molecule has 1 saturated heterocycles. The first-order valence-electron chi connectivity index (χ1n) is 17.6. The summed E-state index contributed by atoms with van der Waals surface area (Å²) in [6.45, 7) is 5.81. The highest BCUT2D eigenvalue weighted by Crippen LogP contribution is 2.49. The fourth-order valence-corrected chi connectivity index (χ4v) is 9.06. The minimum absolute atomic E-state index is 0.00249. The topological polar surface area (TPSA) is 104 Å². The van der Waals surface area contributed by atoms with Gasteiger partial charge in [-0.25, -0.2) is 10.0 Å². The molecular formula is C40H33Cl8N5O4S. The molecule has 58 heavy (non-hydrogen) atoms. The fourth-order valence-electron chi connectivity index (χ4n) is 5.93. The average molecular weight is 963 g/mol. The van der Waals surface area contributed by atoms with Crippen LogP contribution in [0.5, 0.6) is 11.5 Å². The van der Waals surface area contributed by atoms with E-state index >= 15 is 0 Å². The number of para-hydroxylation sites is 1. The van der Waals surface area contributed by atoms with Gasteiger partial charge in [-0.1, -0.05) is 142 Å². The van der Waals surface area contributed by atoms with E-state index < -0.39 is 23.3 Å². The molecule has 1 heterocycles. The molecule has 2 amide bonds. The molecule has 6 rings (SSSR count). The number of carbonyl (C=O) groups is 2. The molecule has 1 aliphatic carbocycles. The van der Waals surface area contributed by atoms with Gasteiger partial charge in [-0.15, -0.1) is 11.8 Å². The summed E-state index contributed by atoms with van der Waals surface area (Å²) >= 11 is 52.8. The van der Waals surface area contributed by atoms with Crippen LogP contribution in [-0.2, 0) is 9.59 Å². The molecule has 0 bridgehead atoms. The molecule has 0 saturated carbocycles. The average Bonchev–Trinajstić information content (AvgIpc) is 3.48. The van der Waals surface area contributed by atoms with Gasteiger partial charge in [0.1, 0.15) is 22.5 Å². The summed E-state index contributed by atoms with van der Waals surface area (Å²) in [6, 6.07) is 15.4. The van der Waals surface area contributed by atoms with E-state index in [9.17, 15) is 9.59 Å². The zero-order valence-electron chi connectivity index (χ0n) is 30.7. The maximum Gasteiger partial charge on any atom is 0.267 e. The number of aryl methyl sites for hydroxylation is 2. The minimum atomic E-state index is -1.04. The van der Waals surface area contributed by atoms with E-state index in [0.717, 1.165) is 16.1 Å². The van der Waals surface area contributed by atoms with Gasteiger partial charge in [-0.2, -0.15) is 0 Å². The summed E-state index contributed by atoms with van der Waals surface area (Å²) in [6.07, 6.45) is 5.72. The molecule has 0 aromatic heterocycles. The molecule has 0 radical (unpaired) electrons. The number of aliphatic imine (C=N–C) groups is 1. The molecule has 2 aliphatic rings. The monoisotopic (exact) mass is 959 g/mol. The molecule has 0 spiro atoms. The standard InChI is InChI=1S/C40H33Cl8N5O4S/c1-4-27(57-28-15-12-19(2)16-20(28)3)39(54)51-25-10-5-6-11-29(25)58-37-38(52-53(40(37)55)35-33(47)31(45)30(44)32(46)34(35)48)50-26-17-21(13-14-22(26)41)49-18-56-36-23(42)8-7-9-24(36)43/h5-9,11-17,25,27,37,49H,4,10,18H2,1-3H3,(H,50,52)(H,51,54). The zero-order chi connectivity index (χ0) is 41.8. The Kier molecular flexibility index (Phi) is 14.9. The van der Waals surface area contributed by atoms with Crippen LogP contribution in [0, 0.1) is 13.8 Å². The molecule has 4 aromatic rings. The lowest BCUT2D eigenvalue weighted by Gasteiger charge is -2.26. The number of benzene rings is 4. The number of rotatable bonds is 13. The maximum absolute atomic E-state index is 14.5. The van der Waals surface area contributed by atoms with Crippen LogP contribution in [0.25, 0.3) is 0 Å². The number of hydrogen-bond acceptors (Lipinski definition) is 7. The third-order valence-electron chi connectivity index (χ3n) is 8.87. The first-order valence-corrected chi connectivity index (χ1v) is 21.5. The van der Waals surface area contributed by atoms with Crippen molar-refractivity contribution in [1.29, 1.82) is 0 Å². The van der Waals surface area contributed by atoms with E-state index in [4.69, 9.17) is 107 Å². The van der Waals surface area contributed by atoms with Crippen molar-refractivity contribution in [1.82, 2.24) is 10.7 Å². The van der Waals surface area contributed by atoms with Crippen LogP contribution >= 0.6 is 105 Å². The predicted octanol–water partition coefficient (Wildman–Crippen LogP) is 12.8. The molecule has 3 atom stereocenters. The number of thioether (sulfide) groups is 1. The van der Waals surface area contributed by atoms with Crippen LogP contribution in [0.15, 0.2) is 82.7 Å². The van der Waals surface area contributed by atoms with Crippen LogP contribution in [0.3, 0.4) is 0 Å². The summed E-state index contributed by atoms with van der Waals surface area (Å²) in [7, 11) is 0. The summed E-state index contributed by atoms with van der Waals surface area (Å²) in [5.41, 5.74) is 5.90. The van der Waals surface area contributed by atoms with Crippen molar-refractivity contribution in [3.8, 4) is 11.5 Å². The molecule has 9 nitrogen and oxygen atoms in total. The van der Waals surface area contributed by atoms with E-state index in [1.807, 2.05) is 57.2 Å². The van der Waals surface area contributed by atoms with Gasteiger partial charge in [0.25, 0.3) is 11.8 Å². The molecule has 304 valence electrons. The number of amidine groups is 1. The van der Waals surface area contributed by atoms with Crippen molar-refractivity contribution in [3.63, 3.8) is 0 Å². The number of hydrazine groups is 1. The number of nitrogens with one attached hydrogen (secondary N) is 3. The second-order valence-electron chi connectivity index (χ2n) is 13.0. The Balaban J connectivity index is 1.30. The van der Waals surface area contributed by atoms with Gasteiger partial charge in [0.15, 0.2) is 18.6 Å². The lowest BCUT2D eigenvalue weighted by Crippen LogP contribution is -2.44. The number of hydrogen-bond donors (Lipinski definition) is 3. The number of carbonyl (C=O) groups excluding carboxylic acids is 2. The lowest BCUT2D eigenvalue weighted by atomic mass is 10.1. The van der Waals surface area contributed by atoms with Crippen LogP contribution in [0.1, 0.15) is 30.9 Å². The molecule has 4 aromatic carbocycles. The van der Waals surface area contributed by atoms with Crippen LogP contribution in [-0.4, -0.2) is 41.8 Å². The van der Waals surface area contributed by atoms with E-state index in [1.165, 1.54) is 11.8 Å². The van der Waals surface area contributed by atoms with Crippen LogP contribution in [0.2, 0.25) is 40.2 Å². The second kappa shape index (κ2) is 19.5. The first-order chi connectivity index (χ1) is 27.7. The fraction of sp³-hybridized carbons (Fsp3) is 0.225. The van der Waals surface area contributed by atoms with Crippen molar-refractivity contribution >= 4 is 139 Å². The number of anilines is 2. The molecule has 18 heteroatoms. The third-order valence-corrected chi connectivity index (χ3v) is 13.4. The SMILES string of the molecule is CCC(Oc1ccc(C)cc1C)C(=O)NC1CC=CC=C1SC1C(=O)N(c2c(Cl)c(Cl)c(Cl)c(Cl)c2Cl)NC1=Nc1cc(NCOc2c(Cl)cccc2Cl)ccc1Cl. The van der Waals surface area contributed by atoms with E-state index in [0.29, 0.717) is 50.7 Å². The highest BCUT2D eigenvalue weighted by atomic mass is 35.5. The first kappa shape index (κ1) is 44.4. The second-order valence-corrected chi connectivity index (χ2v) is 17.2. The van der Waals surface area contributed by atoms with Gasteiger partial charge in [0, 0.05) is 10.6 Å². The Bertz CT molecular complexity index is 2310. The molecule has 1 aliphatic heterocycles. The Labute approximate surface area is 379 Å². The smallest absolute Gasteiger partial charge is 0.267 e. The largest absolute Gasteiger partial charge is 0.480 e. The van der Waals surface area contributed by atoms with Gasteiger partial charge in [-0.3, -0.25) is 15.0 Å². The van der Waals surface area contributed by atoms with E-state index in [2.05, 4.69) is 16.1 Å². The molecule has 1 fully saturated rings. The van der Waals surface area contributed by atoms with Gasteiger partial charge < -0.3 is 20.1 Å². The Hall–Kier alpha value is -3.16. The molecule has 3 unspecified atom stereocenters. The maximum atomic E-state index is 14.5. The Morgan fingerprint density at radius 3 is 2.29 bits per heavy atom. The van der Waals surface area contributed by atoms with Gasteiger partial charge in [0.05, 0.1) is 51.9 Å². The minimum Gasteiger partial charge on any atom is -0.480 e. The summed E-state index contributed by atoms with van der Waals surface area (Å²) < 4.78 is 12.0. The number of halogens is 8. The van der Waals surface area contributed by atoms with Crippen LogP contribution in [0.4, 0.5) is 17.1 Å².